The highest BCUT2D eigenvalue weighted by Gasteiger charge is 2.21. The van der Waals surface area contributed by atoms with E-state index in [-0.39, 0.29) is 17.5 Å². The molecule has 0 bridgehead atoms. The third-order valence-electron chi connectivity index (χ3n) is 3.55. The Balaban J connectivity index is 2.11. The fourth-order valence-corrected chi connectivity index (χ4v) is 1.99. The number of hydrogen-bond donors (Lipinski definition) is 2. The number of aryl methyl sites for hydroxylation is 1. The molecule has 0 aliphatic heterocycles. The molecule has 1 aromatic carbocycles. The molecular weight excluding hydrogens is 316 g/mol. The Morgan fingerprint density at radius 1 is 1.12 bits per heavy atom. The van der Waals surface area contributed by atoms with Gasteiger partial charge in [-0.15, -0.1) is 0 Å². The smallest absolute Gasteiger partial charge is 0.257 e. The zero-order chi connectivity index (χ0) is 18.6. The molecule has 128 valence electrons. The molecular formula is C19H20N4O2. The number of amides is 2. The molecule has 1 heterocycles. The number of nitrogens with one attached hydrogen (secondary N) is 2. The summed E-state index contributed by atoms with van der Waals surface area (Å²) in [7, 11) is 0. The lowest BCUT2D eigenvalue weighted by molar-refractivity contribution is -0.123. The molecule has 6 nitrogen and oxygen atoms in total. The van der Waals surface area contributed by atoms with Gasteiger partial charge in [0.25, 0.3) is 5.91 Å². The molecule has 0 radical (unpaired) electrons. The lowest BCUT2D eigenvalue weighted by Crippen LogP contribution is -2.27. The Kier molecular flexibility index (Phi) is 5.18. The van der Waals surface area contributed by atoms with Crippen LogP contribution in [0.5, 0.6) is 0 Å². The number of hydrogen-bond acceptors (Lipinski definition) is 4. The Hall–Kier alpha value is -3.20. The molecule has 2 aromatic rings. The maximum atomic E-state index is 12.2. The molecule has 1 aromatic heterocycles. The van der Waals surface area contributed by atoms with Crippen molar-refractivity contribution in [3.63, 3.8) is 0 Å². The van der Waals surface area contributed by atoms with Crippen molar-refractivity contribution in [2.45, 2.75) is 27.7 Å². The largest absolute Gasteiger partial charge is 0.325 e. The van der Waals surface area contributed by atoms with E-state index in [1.807, 2.05) is 33.8 Å². The summed E-state index contributed by atoms with van der Waals surface area (Å²) >= 11 is 0. The van der Waals surface area contributed by atoms with Gasteiger partial charge in [-0.2, -0.15) is 5.26 Å². The lowest BCUT2D eigenvalue weighted by atomic mass is 9.95. The fourth-order valence-electron chi connectivity index (χ4n) is 1.99. The quantitative estimate of drug-likeness (QED) is 0.897. The maximum absolute atomic E-state index is 12.2. The minimum absolute atomic E-state index is 0.0731. The zero-order valence-corrected chi connectivity index (χ0v) is 14.7. The predicted octanol–water partition coefficient (Wildman–Crippen LogP) is 3.50. The summed E-state index contributed by atoms with van der Waals surface area (Å²) in [6.07, 6.45) is 1.36. The highest BCUT2D eigenvalue weighted by Crippen LogP contribution is 2.23. The molecule has 0 spiro atoms. The van der Waals surface area contributed by atoms with E-state index >= 15 is 0 Å². The Morgan fingerprint density at radius 3 is 2.36 bits per heavy atom. The molecule has 0 saturated heterocycles. The van der Waals surface area contributed by atoms with Crippen molar-refractivity contribution in [2.24, 2.45) is 5.41 Å². The van der Waals surface area contributed by atoms with E-state index in [0.29, 0.717) is 16.9 Å². The fraction of sp³-hybridized carbons (Fsp3) is 0.263. The van der Waals surface area contributed by atoms with Crippen LogP contribution in [-0.4, -0.2) is 16.8 Å². The van der Waals surface area contributed by atoms with Crippen LogP contribution >= 0.6 is 0 Å². The van der Waals surface area contributed by atoms with Crippen molar-refractivity contribution in [3.05, 3.63) is 53.3 Å². The SMILES string of the molecule is Cc1cc(NC(=O)c2ccc(C#N)nc2)ccc1NC(=O)C(C)(C)C. The number of pyridine rings is 1. The van der Waals surface area contributed by atoms with Crippen LogP contribution in [0.25, 0.3) is 0 Å². The van der Waals surface area contributed by atoms with Crippen molar-refractivity contribution in [2.75, 3.05) is 10.6 Å². The second kappa shape index (κ2) is 7.14. The van der Waals surface area contributed by atoms with Crippen LogP contribution < -0.4 is 10.6 Å². The number of carbonyl (C=O) groups excluding carboxylic acids is 2. The van der Waals surface area contributed by atoms with Crippen LogP contribution in [-0.2, 0) is 4.79 Å². The standard InChI is InChI=1S/C19H20N4O2/c1-12-9-14(7-8-16(12)23-18(25)19(2,3)4)22-17(24)13-5-6-15(10-20)21-11-13/h5-9,11H,1-4H3,(H,22,24)(H,23,25). The Morgan fingerprint density at radius 2 is 1.84 bits per heavy atom. The van der Waals surface area contributed by atoms with Gasteiger partial charge < -0.3 is 10.6 Å². The average Bonchev–Trinajstić information content (AvgIpc) is 2.56. The predicted molar refractivity (Wildman–Crippen MR) is 96.2 cm³/mol. The van der Waals surface area contributed by atoms with Crippen LogP contribution in [0.4, 0.5) is 11.4 Å². The number of nitriles is 1. The first-order chi connectivity index (χ1) is 11.7. The van der Waals surface area contributed by atoms with E-state index in [0.717, 1.165) is 5.56 Å². The summed E-state index contributed by atoms with van der Waals surface area (Å²) < 4.78 is 0. The van der Waals surface area contributed by atoms with Gasteiger partial charge in [0.2, 0.25) is 5.91 Å². The summed E-state index contributed by atoms with van der Waals surface area (Å²) in [5.74, 6) is -0.390. The van der Waals surface area contributed by atoms with Gasteiger partial charge in [0.1, 0.15) is 11.8 Å². The third kappa shape index (κ3) is 4.64. The van der Waals surface area contributed by atoms with Gasteiger partial charge in [-0.3, -0.25) is 9.59 Å². The minimum atomic E-state index is -0.484. The van der Waals surface area contributed by atoms with Gasteiger partial charge in [-0.05, 0) is 42.8 Å². The van der Waals surface area contributed by atoms with Crippen LogP contribution in [0.3, 0.4) is 0 Å². The maximum Gasteiger partial charge on any atom is 0.257 e. The van der Waals surface area contributed by atoms with E-state index < -0.39 is 5.41 Å². The second-order valence-electron chi connectivity index (χ2n) is 6.73. The third-order valence-corrected chi connectivity index (χ3v) is 3.55. The molecule has 0 atom stereocenters. The van der Waals surface area contributed by atoms with Gasteiger partial charge in [-0.1, -0.05) is 20.8 Å². The number of rotatable bonds is 3. The van der Waals surface area contributed by atoms with Gasteiger partial charge in [0.15, 0.2) is 0 Å². The second-order valence-corrected chi connectivity index (χ2v) is 6.73. The summed E-state index contributed by atoms with van der Waals surface area (Å²) in [6.45, 7) is 7.39. The Bertz CT molecular complexity index is 843. The van der Waals surface area contributed by atoms with Crippen molar-refractivity contribution in [1.29, 1.82) is 5.26 Å². The average molecular weight is 336 g/mol. The highest BCUT2D eigenvalue weighted by molar-refractivity contribution is 6.04. The van der Waals surface area contributed by atoms with Gasteiger partial charge in [-0.25, -0.2) is 4.98 Å². The summed E-state index contributed by atoms with van der Waals surface area (Å²) in [5.41, 5.74) is 2.29. The van der Waals surface area contributed by atoms with Crippen molar-refractivity contribution >= 4 is 23.2 Å². The van der Waals surface area contributed by atoms with Crippen LogP contribution in [0.2, 0.25) is 0 Å². The number of carbonyl (C=O) groups is 2. The van der Waals surface area contributed by atoms with Crippen LogP contribution in [0.15, 0.2) is 36.5 Å². The van der Waals surface area contributed by atoms with Crippen molar-refractivity contribution < 1.29 is 9.59 Å². The zero-order valence-electron chi connectivity index (χ0n) is 14.7. The number of anilines is 2. The molecule has 0 fully saturated rings. The molecule has 0 unspecified atom stereocenters. The van der Waals surface area contributed by atoms with Gasteiger partial charge >= 0.3 is 0 Å². The molecule has 2 N–H and O–H groups in total. The van der Waals surface area contributed by atoms with E-state index in [2.05, 4.69) is 15.6 Å². The summed E-state index contributed by atoms with van der Waals surface area (Å²) in [6, 6.07) is 10.2. The van der Waals surface area contributed by atoms with E-state index in [1.165, 1.54) is 12.3 Å². The lowest BCUT2D eigenvalue weighted by Gasteiger charge is -2.19. The normalized spacial score (nSPS) is 10.7. The van der Waals surface area contributed by atoms with Crippen LogP contribution in [0, 0.1) is 23.7 Å². The summed E-state index contributed by atoms with van der Waals surface area (Å²) in [4.78, 5) is 28.2. The molecule has 2 amide bonds. The first-order valence-electron chi connectivity index (χ1n) is 7.80. The summed E-state index contributed by atoms with van der Waals surface area (Å²) in [5, 5.41) is 14.4. The number of aromatic nitrogens is 1. The first kappa shape index (κ1) is 18.1. The van der Waals surface area contributed by atoms with E-state index in [9.17, 15) is 9.59 Å². The van der Waals surface area contributed by atoms with Gasteiger partial charge in [0.05, 0.1) is 5.56 Å². The highest BCUT2D eigenvalue weighted by atomic mass is 16.2. The topological polar surface area (TPSA) is 94.9 Å². The van der Waals surface area contributed by atoms with Crippen molar-refractivity contribution in [1.82, 2.24) is 4.98 Å². The molecule has 6 heteroatoms. The van der Waals surface area contributed by atoms with E-state index in [1.54, 1.807) is 24.3 Å². The monoisotopic (exact) mass is 336 g/mol. The molecule has 2 rings (SSSR count). The first-order valence-corrected chi connectivity index (χ1v) is 7.80. The minimum Gasteiger partial charge on any atom is -0.325 e. The van der Waals surface area contributed by atoms with Gasteiger partial charge in [0, 0.05) is 23.0 Å². The molecule has 25 heavy (non-hydrogen) atoms. The number of nitrogens with zero attached hydrogens (tertiary/aromatic N) is 2. The van der Waals surface area contributed by atoms with Crippen LogP contribution in [0.1, 0.15) is 42.4 Å². The van der Waals surface area contributed by atoms with Crippen molar-refractivity contribution in [3.8, 4) is 6.07 Å². The molecule has 0 aliphatic rings. The molecule has 0 saturated carbocycles. The van der Waals surface area contributed by atoms with E-state index in [4.69, 9.17) is 5.26 Å². The number of benzene rings is 1. The Labute approximate surface area is 146 Å². The molecule has 0 aliphatic carbocycles.